The van der Waals surface area contributed by atoms with Crippen LogP contribution in [-0.2, 0) is 4.79 Å². The summed E-state index contributed by atoms with van der Waals surface area (Å²) in [5.41, 5.74) is 5.61. The molecular weight excluding hydrogens is 140 g/mol. The Hall–Kier alpha value is -1.25. The fourth-order valence-corrected chi connectivity index (χ4v) is 0.699. The summed E-state index contributed by atoms with van der Waals surface area (Å²) in [6, 6.07) is 0.360. The molecule has 1 aliphatic rings. The molecule has 0 atom stereocenters. The molecular formula is C8H12N2O. The molecule has 11 heavy (non-hydrogen) atoms. The highest BCUT2D eigenvalue weighted by atomic mass is 16.2. The summed E-state index contributed by atoms with van der Waals surface area (Å²) in [6.45, 7) is 3.44. The van der Waals surface area contributed by atoms with Gasteiger partial charge < -0.3 is 11.1 Å². The fraction of sp³-hybridized carbons (Fsp3) is 0.375. The molecule has 3 N–H and O–H groups in total. The zero-order valence-electron chi connectivity index (χ0n) is 6.34. The minimum absolute atomic E-state index is 0.188. The van der Waals surface area contributed by atoms with Crippen molar-refractivity contribution in [2.24, 2.45) is 5.73 Å². The van der Waals surface area contributed by atoms with Crippen molar-refractivity contribution in [2.75, 3.05) is 0 Å². The van der Waals surface area contributed by atoms with Crippen molar-refractivity contribution in [1.82, 2.24) is 5.32 Å². The van der Waals surface area contributed by atoms with Gasteiger partial charge in [-0.25, -0.2) is 0 Å². The molecule has 0 aromatic carbocycles. The third-order valence-corrected chi connectivity index (χ3v) is 1.47. The van der Waals surface area contributed by atoms with E-state index in [0.717, 1.165) is 12.8 Å². The highest BCUT2D eigenvalue weighted by molar-refractivity contribution is 5.93. The summed E-state index contributed by atoms with van der Waals surface area (Å²) in [6.07, 6.45) is 5.15. The van der Waals surface area contributed by atoms with E-state index in [1.807, 2.05) is 0 Å². The van der Waals surface area contributed by atoms with Gasteiger partial charge in [0.05, 0.1) is 5.70 Å². The van der Waals surface area contributed by atoms with Crippen LogP contribution >= 0.6 is 0 Å². The smallest absolute Gasteiger partial charge is 0.267 e. The van der Waals surface area contributed by atoms with E-state index in [1.54, 1.807) is 0 Å². The van der Waals surface area contributed by atoms with E-state index in [-0.39, 0.29) is 11.6 Å². The van der Waals surface area contributed by atoms with E-state index in [9.17, 15) is 4.79 Å². The number of nitrogens with one attached hydrogen (secondary N) is 1. The van der Waals surface area contributed by atoms with Gasteiger partial charge in [0.25, 0.3) is 5.91 Å². The number of hydrogen-bond donors (Lipinski definition) is 2. The summed E-state index contributed by atoms with van der Waals surface area (Å²) in [7, 11) is 0. The number of allylic oxidation sites excluding steroid dienone is 2. The van der Waals surface area contributed by atoms with Gasteiger partial charge in [-0.2, -0.15) is 0 Å². The van der Waals surface area contributed by atoms with Crippen molar-refractivity contribution in [3.63, 3.8) is 0 Å². The van der Waals surface area contributed by atoms with Crippen LogP contribution in [0.2, 0.25) is 0 Å². The zero-order chi connectivity index (χ0) is 8.27. The molecule has 0 aromatic rings. The number of hydrogen-bond acceptors (Lipinski definition) is 2. The van der Waals surface area contributed by atoms with E-state index in [1.165, 1.54) is 12.2 Å². The normalized spacial score (nSPS) is 17.6. The Bertz CT molecular complexity index is 204. The van der Waals surface area contributed by atoms with Crippen LogP contribution in [0.3, 0.4) is 0 Å². The molecule has 3 nitrogen and oxygen atoms in total. The average Bonchev–Trinajstić information content (AvgIpc) is 2.72. The maximum atomic E-state index is 11.0. The molecule has 1 rings (SSSR count). The molecule has 0 bridgehead atoms. The second-order valence-electron chi connectivity index (χ2n) is 2.61. The van der Waals surface area contributed by atoms with Crippen LogP contribution in [-0.4, -0.2) is 11.9 Å². The van der Waals surface area contributed by atoms with Crippen molar-refractivity contribution >= 4 is 5.91 Å². The lowest BCUT2D eigenvalue weighted by Gasteiger charge is -2.00. The van der Waals surface area contributed by atoms with Crippen LogP contribution in [0.15, 0.2) is 24.4 Å². The number of rotatable bonds is 3. The molecule has 0 spiro atoms. The average molecular weight is 152 g/mol. The predicted molar refractivity (Wildman–Crippen MR) is 43.6 cm³/mol. The molecule has 1 saturated carbocycles. The van der Waals surface area contributed by atoms with E-state index in [2.05, 4.69) is 11.9 Å². The van der Waals surface area contributed by atoms with Crippen LogP contribution in [0, 0.1) is 0 Å². The molecule has 0 aliphatic heterocycles. The Morgan fingerprint density at radius 1 is 1.64 bits per heavy atom. The first kappa shape index (κ1) is 7.85. The SMILES string of the molecule is C=C/C=C(/N)C(=O)NC1CC1. The fourth-order valence-electron chi connectivity index (χ4n) is 0.699. The lowest BCUT2D eigenvalue weighted by atomic mass is 10.4. The Kier molecular flexibility index (Phi) is 2.31. The van der Waals surface area contributed by atoms with Gasteiger partial charge in [0, 0.05) is 6.04 Å². The number of amides is 1. The molecule has 0 saturated heterocycles. The van der Waals surface area contributed by atoms with E-state index in [0.29, 0.717) is 6.04 Å². The molecule has 3 heteroatoms. The van der Waals surface area contributed by atoms with Gasteiger partial charge in [-0.15, -0.1) is 0 Å². The van der Waals surface area contributed by atoms with E-state index >= 15 is 0 Å². The Morgan fingerprint density at radius 2 is 2.27 bits per heavy atom. The monoisotopic (exact) mass is 152 g/mol. The van der Waals surface area contributed by atoms with Gasteiger partial charge in [-0.1, -0.05) is 12.7 Å². The second-order valence-corrected chi connectivity index (χ2v) is 2.61. The number of carbonyl (C=O) groups is 1. The van der Waals surface area contributed by atoms with Crippen LogP contribution in [0.5, 0.6) is 0 Å². The largest absolute Gasteiger partial charge is 0.394 e. The molecule has 0 heterocycles. The van der Waals surface area contributed by atoms with Crippen molar-refractivity contribution in [3.8, 4) is 0 Å². The first-order valence-corrected chi connectivity index (χ1v) is 3.63. The molecule has 1 aliphatic carbocycles. The van der Waals surface area contributed by atoms with Crippen LogP contribution in [0.4, 0.5) is 0 Å². The van der Waals surface area contributed by atoms with Gasteiger partial charge in [0.1, 0.15) is 0 Å². The zero-order valence-corrected chi connectivity index (χ0v) is 6.34. The highest BCUT2D eigenvalue weighted by Crippen LogP contribution is 2.18. The molecule has 1 fully saturated rings. The van der Waals surface area contributed by atoms with Gasteiger partial charge in [-0.05, 0) is 18.9 Å². The van der Waals surface area contributed by atoms with E-state index < -0.39 is 0 Å². The summed E-state index contributed by atoms with van der Waals surface area (Å²) in [5.74, 6) is -0.188. The van der Waals surface area contributed by atoms with Gasteiger partial charge in [0.2, 0.25) is 0 Å². The van der Waals surface area contributed by atoms with Crippen molar-refractivity contribution < 1.29 is 4.79 Å². The maximum absolute atomic E-state index is 11.0. The Balaban J connectivity index is 2.38. The quantitative estimate of drug-likeness (QED) is 0.451. The molecule has 60 valence electrons. The second kappa shape index (κ2) is 3.23. The number of carbonyl (C=O) groups excluding carboxylic acids is 1. The molecule has 0 radical (unpaired) electrons. The standard InChI is InChI=1S/C8H12N2O/c1-2-3-7(9)8(11)10-6-4-5-6/h2-3,6H,1,4-5,9H2,(H,10,11)/b7-3+. The summed E-state index contributed by atoms with van der Waals surface area (Å²) < 4.78 is 0. The van der Waals surface area contributed by atoms with Crippen LogP contribution in [0.25, 0.3) is 0 Å². The lowest BCUT2D eigenvalue weighted by Crippen LogP contribution is -2.30. The molecule has 0 unspecified atom stereocenters. The predicted octanol–water partition coefficient (Wildman–Crippen LogP) is 0.294. The highest BCUT2D eigenvalue weighted by Gasteiger charge is 2.23. The first-order chi connectivity index (χ1) is 5.24. The van der Waals surface area contributed by atoms with Crippen molar-refractivity contribution in [1.29, 1.82) is 0 Å². The maximum Gasteiger partial charge on any atom is 0.267 e. The molecule has 1 amide bonds. The van der Waals surface area contributed by atoms with Crippen molar-refractivity contribution in [2.45, 2.75) is 18.9 Å². The lowest BCUT2D eigenvalue weighted by molar-refractivity contribution is -0.117. The minimum atomic E-state index is -0.188. The summed E-state index contributed by atoms with van der Waals surface area (Å²) in [5, 5.41) is 2.76. The summed E-state index contributed by atoms with van der Waals surface area (Å²) in [4.78, 5) is 11.0. The van der Waals surface area contributed by atoms with Crippen LogP contribution < -0.4 is 11.1 Å². The molecule has 0 aromatic heterocycles. The third kappa shape index (κ3) is 2.45. The van der Waals surface area contributed by atoms with Crippen molar-refractivity contribution in [3.05, 3.63) is 24.4 Å². The van der Waals surface area contributed by atoms with Gasteiger partial charge in [0.15, 0.2) is 0 Å². The first-order valence-electron chi connectivity index (χ1n) is 3.63. The minimum Gasteiger partial charge on any atom is -0.394 e. The summed E-state index contributed by atoms with van der Waals surface area (Å²) >= 11 is 0. The Morgan fingerprint density at radius 3 is 2.73 bits per heavy atom. The van der Waals surface area contributed by atoms with Gasteiger partial charge >= 0.3 is 0 Å². The topological polar surface area (TPSA) is 55.1 Å². The third-order valence-electron chi connectivity index (χ3n) is 1.47. The van der Waals surface area contributed by atoms with E-state index in [4.69, 9.17) is 5.73 Å². The van der Waals surface area contributed by atoms with Gasteiger partial charge in [-0.3, -0.25) is 4.79 Å². The number of nitrogens with two attached hydrogens (primary N) is 1. The van der Waals surface area contributed by atoms with Crippen LogP contribution in [0.1, 0.15) is 12.8 Å². The Labute approximate surface area is 66.0 Å².